The van der Waals surface area contributed by atoms with Gasteiger partial charge in [-0.05, 0) is 49.2 Å². The minimum absolute atomic E-state index is 0.0576. The maximum absolute atomic E-state index is 12.4. The molecule has 0 spiro atoms. The number of hydrogen-bond donors (Lipinski definition) is 0. The quantitative estimate of drug-likeness (QED) is 0.548. The molecule has 0 aliphatic carbocycles. The Bertz CT molecular complexity index is 833. The second-order valence-corrected chi connectivity index (χ2v) is 7.66. The first-order valence-corrected chi connectivity index (χ1v) is 10.1. The van der Waals surface area contributed by atoms with Crippen molar-refractivity contribution in [3.63, 3.8) is 0 Å². The highest BCUT2D eigenvalue weighted by Gasteiger charge is 2.34. The molecule has 1 unspecified atom stereocenters. The van der Waals surface area contributed by atoms with Crippen LogP contribution in [-0.4, -0.2) is 54.4 Å². The number of morpholine rings is 1. The Morgan fingerprint density at radius 3 is 2.25 bits per heavy atom. The molecule has 0 radical (unpaired) electrons. The van der Waals surface area contributed by atoms with Crippen molar-refractivity contribution in [1.29, 1.82) is 0 Å². The lowest BCUT2D eigenvalue weighted by Crippen LogP contribution is -2.39. The Hall–Kier alpha value is -2.21. The molecule has 0 saturated carbocycles. The van der Waals surface area contributed by atoms with Crippen LogP contribution in [-0.2, 0) is 4.74 Å². The first-order valence-electron chi connectivity index (χ1n) is 9.68. The van der Waals surface area contributed by atoms with Crippen LogP contribution < -0.4 is 0 Å². The topological polar surface area (TPSA) is 49.9 Å². The summed E-state index contributed by atoms with van der Waals surface area (Å²) in [4.78, 5) is 28.5. The lowest BCUT2D eigenvalue weighted by Gasteiger charge is -2.33. The fraction of sp³-hybridized carbons (Fsp3) is 0.364. The molecule has 0 aromatic heterocycles. The minimum Gasteiger partial charge on any atom is -0.371 e. The molecule has 1 saturated heterocycles. The second-order valence-electron chi connectivity index (χ2n) is 7.23. The van der Waals surface area contributed by atoms with Gasteiger partial charge < -0.3 is 4.74 Å². The van der Waals surface area contributed by atoms with Gasteiger partial charge in [-0.1, -0.05) is 35.9 Å². The highest BCUT2D eigenvalue weighted by molar-refractivity contribution is 6.30. The summed E-state index contributed by atoms with van der Waals surface area (Å²) in [5.74, 6) is -0.343. The van der Waals surface area contributed by atoms with E-state index in [0.717, 1.165) is 43.1 Å². The Kier molecular flexibility index (Phi) is 5.76. The van der Waals surface area contributed by atoms with Crippen molar-refractivity contribution < 1.29 is 14.3 Å². The Morgan fingerprint density at radius 2 is 1.57 bits per heavy atom. The number of imide groups is 1. The molecular weight excluding hydrogens is 376 g/mol. The van der Waals surface area contributed by atoms with Gasteiger partial charge in [0.15, 0.2) is 0 Å². The van der Waals surface area contributed by atoms with Crippen molar-refractivity contribution in [2.75, 3.05) is 32.8 Å². The molecule has 146 valence electrons. The highest BCUT2D eigenvalue weighted by atomic mass is 35.5. The standard InChI is InChI=1S/C22H23ClN2O3/c23-17-9-7-16(8-10-17)20-15-24(13-14-28-20)11-3-4-12-25-21(26)18-5-1-2-6-19(18)22(25)27/h1-2,5-10,20H,3-4,11-15H2. The van der Waals surface area contributed by atoms with E-state index in [0.29, 0.717) is 24.3 Å². The largest absolute Gasteiger partial charge is 0.371 e. The third-order valence-corrected chi connectivity index (χ3v) is 5.63. The molecule has 4 rings (SSSR count). The molecular formula is C22H23ClN2O3. The van der Waals surface area contributed by atoms with Crippen LogP contribution in [0.2, 0.25) is 5.02 Å². The summed E-state index contributed by atoms with van der Waals surface area (Å²) >= 11 is 5.96. The summed E-state index contributed by atoms with van der Waals surface area (Å²) in [6, 6.07) is 14.8. The van der Waals surface area contributed by atoms with Crippen molar-refractivity contribution >= 4 is 23.4 Å². The van der Waals surface area contributed by atoms with Crippen LogP contribution in [0.4, 0.5) is 0 Å². The number of benzene rings is 2. The zero-order valence-corrected chi connectivity index (χ0v) is 16.4. The van der Waals surface area contributed by atoms with Crippen LogP contribution in [0.3, 0.4) is 0 Å². The fourth-order valence-electron chi connectivity index (χ4n) is 3.83. The van der Waals surface area contributed by atoms with Crippen molar-refractivity contribution in [1.82, 2.24) is 9.80 Å². The molecule has 28 heavy (non-hydrogen) atoms. The van der Waals surface area contributed by atoms with E-state index in [4.69, 9.17) is 16.3 Å². The number of nitrogens with zero attached hydrogens (tertiary/aromatic N) is 2. The van der Waals surface area contributed by atoms with Crippen LogP contribution in [0.25, 0.3) is 0 Å². The van der Waals surface area contributed by atoms with Crippen molar-refractivity contribution in [2.45, 2.75) is 18.9 Å². The zero-order chi connectivity index (χ0) is 19.5. The molecule has 6 heteroatoms. The molecule has 0 N–H and O–H groups in total. The van der Waals surface area contributed by atoms with Crippen LogP contribution in [0.5, 0.6) is 0 Å². The van der Waals surface area contributed by atoms with Gasteiger partial charge in [-0.25, -0.2) is 0 Å². The van der Waals surface area contributed by atoms with Crippen LogP contribution in [0, 0.1) is 0 Å². The number of halogens is 1. The molecule has 2 aliphatic heterocycles. The number of carbonyl (C=O) groups is 2. The SMILES string of the molecule is O=C1c2ccccc2C(=O)N1CCCCN1CCOC(c2ccc(Cl)cc2)C1. The molecule has 1 fully saturated rings. The van der Waals surface area contributed by atoms with Gasteiger partial charge >= 0.3 is 0 Å². The number of unbranched alkanes of at least 4 members (excludes halogenated alkanes) is 1. The average Bonchev–Trinajstić information content (AvgIpc) is 2.97. The molecule has 5 nitrogen and oxygen atoms in total. The predicted molar refractivity (Wildman–Crippen MR) is 108 cm³/mol. The monoisotopic (exact) mass is 398 g/mol. The Morgan fingerprint density at radius 1 is 0.929 bits per heavy atom. The molecule has 1 atom stereocenters. The third-order valence-electron chi connectivity index (χ3n) is 5.38. The Labute approximate surface area is 169 Å². The Balaban J connectivity index is 1.25. The van der Waals surface area contributed by atoms with Gasteiger partial charge in [0.2, 0.25) is 0 Å². The number of rotatable bonds is 6. The summed E-state index contributed by atoms with van der Waals surface area (Å²) in [5.41, 5.74) is 2.18. The molecule has 2 amide bonds. The summed E-state index contributed by atoms with van der Waals surface area (Å²) in [5, 5.41) is 0.726. The maximum atomic E-state index is 12.4. The average molecular weight is 399 g/mol. The maximum Gasteiger partial charge on any atom is 0.261 e. The summed E-state index contributed by atoms with van der Waals surface area (Å²) < 4.78 is 5.90. The third kappa shape index (κ3) is 3.97. The van der Waals surface area contributed by atoms with Gasteiger partial charge in [0, 0.05) is 24.7 Å². The van der Waals surface area contributed by atoms with Crippen LogP contribution >= 0.6 is 11.6 Å². The van der Waals surface area contributed by atoms with Crippen LogP contribution in [0.15, 0.2) is 48.5 Å². The number of ether oxygens (including phenoxy) is 1. The van der Waals surface area contributed by atoms with Gasteiger partial charge in [-0.3, -0.25) is 19.4 Å². The normalized spacial score (nSPS) is 19.9. The van der Waals surface area contributed by atoms with E-state index in [2.05, 4.69) is 4.90 Å². The number of hydrogen-bond acceptors (Lipinski definition) is 4. The van der Waals surface area contributed by atoms with Gasteiger partial charge in [0.05, 0.1) is 23.8 Å². The smallest absolute Gasteiger partial charge is 0.261 e. The molecule has 2 aliphatic rings. The van der Waals surface area contributed by atoms with E-state index >= 15 is 0 Å². The first-order chi connectivity index (χ1) is 13.6. The molecule has 0 bridgehead atoms. The van der Waals surface area contributed by atoms with Gasteiger partial charge in [-0.15, -0.1) is 0 Å². The minimum atomic E-state index is -0.172. The summed E-state index contributed by atoms with van der Waals surface area (Å²) in [7, 11) is 0. The van der Waals surface area contributed by atoms with Crippen LogP contribution in [0.1, 0.15) is 45.2 Å². The lowest BCUT2D eigenvalue weighted by molar-refractivity contribution is -0.0304. The van der Waals surface area contributed by atoms with Crippen molar-refractivity contribution in [3.8, 4) is 0 Å². The molecule has 2 aromatic rings. The van der Waals surface area contributed by atoms with E-state index < -0.39 is 0 Å². The predicted octanol–water partition coefficient (Wildman–Crippen LogP) is 3.79. The number of amides is 2. The highest BCUT2D eigenvalue weighted by Crippen LogP contribution is 2.25. The summed E-state index contributed by atoms with van der Waals surface area (Å²) in [6.07, 6.45) is 1.79. The van der Waals surface area contributed by atoms with E-state index in [1.165, 1.54) is 4.90 Å². The van der Waals surface area contributed by atoms with Crippen molar-refractivity contribution in [3.05, 3.63) is 70.2 Å². The van der Waals surface area contributed by atoms with E-state index in [1.807, 2.05) is 24.3 Å². The van der Waals surface area contributed by atoms with E-state index in [-0.39, 0.29) is 17.9 Å². The number of carbonyl (C=O) groups excluding carboxylic acids is 2. The molecule has 2 heterocycles. The second kappa shape index (κ2) is 8.43. The van der Waals surface area contributed by atoms with E-state index in [1.54, 1.807) is 24.3 Å². The first kappa shape index (κ1) is 19.1. The number of fused-ring (bicyclic) bond motifs is 1. The molecule has 2 aromatic carbocycles. The fourth-order valence-corrected chi connectivity index (χ4v) is 3.96. The van der Waals surface area contributed by atoms with Crippen molar-refractivity contribution in [2.24, 2.45) is 0 Å². The summed E-state index contributed by atoms with van der Waals surface area (Å²) in [6.45, 7) is 3.84. The van der Waals surface area contributed by atoms with Gasteiger partial charge in [0.1, 0.15) is 0 Å². The zero-order valence-electron chi connectivity index (χ0n) is 15.6. The van der Waals surface area contributed by atoms with E-state index in [9.17, 15) is 9.59 Å². The lowest BCUT2D eigenvalue weighted by atomic mass is 10.1. The van der Waals surface area contributed by atoms with Gasteiger partial charge in [-0.2, -0.15) is 0 Å². The van der Waals surface area contributed by atoms with Gasteiger partial charge in [0.25, 0.3) is 11.8 Å².